The lowest BCUT2D eigenvalue weighted by molar-refractivity contribution is -0.126. The molecule has 10 heteroatoms. The van der Waals surface area contributed by atoms with Crippen molar-refractivity contribution in [3.63, 3.8) is 0 Å². The Morgan fingerprint density at radius 3 is 2.74 bits per heavy atom. The Bertz CT molecular complexity index is 1410. The number of carbonyl (C=O) groups excluding carboxylic acids is 1. The highest BCUT2D eigenvalue weighted by molar-refractivity contribution is 7.92. The van der Waals surface area contributed by atoms with Gasteiger partial charge in [-0.2, -0.15) is 4.36 Å². The minimum atomic E-state index is -2.33. The Balaban J connectivity index is 1.95. The van der Waals surface area contributed by atoms with E-state index >= 15 is 0 Å². The number of ether oxygens (including phenoxy) is 1. The van der Waals surface area contributed by atoms with Gasteiger partial charge in [-0.25, -0.2) is 18.6 Å². The van der Waals surface area contributed by atoms with E-state index in [1.54, 1.807) is 38.5 Å². The number of hydrogen-bond donors (Lipinski definition) is 2. The van der Waals surface area contributed by atoms with Gasteiger partial charge in [0, 0.05) is 33.7 Å². The van der Waals surface area contributed by atoms with Crippen LogP contribution in [0.5, 0.6) is 5.75 Å². The van der Waals surface area contributed by atoms with Gasteiger partial charge in [-0.1, -0.05) is 5.92 Å². The SMILES string of the molecule is CC#CCNC(=O)[C@@H](C)Oc1cc(F)ccc1Nc1ncnc2cc(N=S(C)(C)=O)cc(C)c12. The molecule has 0 radical (unpaired) electrons. The molecule has 178 valence electrons. The number of benzene rings is 2. The van der Waals surface area contributed by atoms with Crippen LogP contribution in [-0.2, 0) is 14.5 Å². The summed E-state index contributed by atoms with van der Waals surface area (Å²) in [6.45, 7) is 5.31. The molecule has 3 aromatic rings. The van der Waals surface area contributed by atoms with Gasteiger partial charge < -0.3 is 15.4 Å². The van der Waals surface area contributed by atoms with Crippen LogP contribution in [0.4, 0.5) is 21.6 Å². The molecule has 1 atom stereocenters. The monoisotopic (exact) mass is 483 g/mol. The van der Waals surface area contributed by atoms with Gasteiger partial charge in [-0.15, -0.1) is 5.92 Å². The van der Waals surface area contributed by atoms with Gasteiger partial charge in [-0.3, -0.25) is 4.79 Å². The van der Waals surface area contributed by atoms with E-state index in [2.05, 4.69) is 36.8 Å². The zero-order chi connectivity index (χ0) is 24.9. The fourth-order valence-electron chi connectivity index (χ4n) is 3.21. The van der Waals surface area contributed by atoms with E-state index in [-0.39, 0.29) is 18.2 Å². The molecule has 1 amide bonds. The number of aryl methyl sites for hydroxylation is 1. The summed E-state index contributed by atoms with van der Waals surface area (Å²) >= 11 is 0. The van der Waals surface area contributed by atoms with Crippen molar-refractivity contribution in [3.05, 3.63) is 48.0 Å². The summed E-state index contributed by atoms with van der Waals surface area (Å²) in [5.41, 5.74) is 2.40. The van der Waals surface area contributed by atoms with Gasteiger partial charge in [0.25, 0.3) is 5.91 Å². The molecule has 0 aliphatic rings. The Hall–Kier alpha value is -3.71. The van der Waals surface area contributed by atoms with Crippen molar-refractivity contribution in [2.45, 2.75) is 26.9 Å². The van der Waals surface area contributed by atoms with Crippen LogP contribution in [0.25, 0.3) is 10.9 Å². The van der Waals surface area contributed by atoms with Crippen molar-refractivity contribution < 1.29 is 18.1 Å². The van der Waals surface area contributed by atoms with Crippen LogP contribution in [0.1, 0.15) is 19.4 Å². The van der Waals surface area contributed by atoms with Gasteiger partial charge >= 0.3 is 0 Å². The molecule has 0 aliphatic carbocycles. The number of halogens is 1. The number of aromatic nitrogens is 2. The number of fused-ring (bicyclic) bond motifs is 1. The van der Waals surface area contributed by atoms with Crippen LogP contribution in [0, 0.1) is 24.6 Å². The summed E-state index contributed by atoms with van der Waals surface area (Å²) in [5, 5.41) is 6.52. The van der Waals surface area contributed by atoms with Crippen LogP contribution in [-0.4, -0.2) is 45.2 Å². The first kappa shape index (κ1) is 24.9. The van der Waals surface area contributed by atoms with E-state index in [4.69, 9.17) is 4.74 Å². The molecular formula is C24H26FN5O3S. The molecule has 0 aliphatic heterocycles. The minimum absolute atomic E-state index is 0.150. The lowest BCUT2D eigenvalue weighted by Crippen LogP contribution is -2.36. The third-order valence-electron chi connectivity index (χ3n) is 4.64. The fraction of sp³-hybridized carbons (Fsp3) is 0.292. The summed E-state index contributed by atoms with van der Waals surface area (Å²) in [4.78, 5) is 20.9. The number of nitrogens with one attached hydrogen (secondary N) is 2. The standard InChI is InChI=1S/C24H26FN5O3S/c1-6-7-10-26-24(31)16(3)33-21-12-17(25)8-9-19(21)29-23-22-15(2)11-18(30-34(4,5)32)13-20(22)27-14-28-23/h8-9,11-14,16H,10H2,1-5H3,(H,26,31)(H,27,28,29)/t16-/m1/s1. The number of carbonyl (C=O) groups is 1. The largest absolute Gasteiger partial charge is 0.479 e. The van der Waals surface area contributed by atoms with Crippen LogP contribution >= 0.6 is 0 Å². The van der Waals surface area contributed by atoms with E-state index in [0.717, 1.165) is 10.9 Å². The molecule has 0 saturated carbocycles. The normalized spacial score (nSPS) is 11.8. The summed E-state index contributed by atoms with van der Waals surface area (Å²) in [6, 6.07) is 7.52. The highest BCUT2D eigenvalue weighted by Crippen LogP contribution is 2.34. The molecule has 0 unspecified atom stereocenters. The van der Waals surface area contributed by atoms with Gasteiger partial charge in [-0.05, 0) is 50.6 Å². The molecule has 0 saturated heterocycles. The Labute approximate surface area is 198 Å². The summed E-state index contributed by atoms with van der Waals surface area (Å²) in [7, 11) is -2.33. The van der Waals surface area contributed by atoms with E-state index in [1.807, 2.05) is 6.92 Å². The maximum absolute atomic E-state index is 14.0. The number of amides is 1. The molecular weight excluding hydrogens is 457 g/mol. The molecule has 2 aromatic carbocycles. The molecule has 0 bridgehead atoms. The number of nitrogens with zero attached hydrogens (tertiary/aromatic N) is 3. The number of rotatable bonds is 7. The predicted octanol–water partition coefficient (Wildman–Crippen LogP) is 4.09. The van der Waals surface area contributed by atoms with Crippen LogP contribution in [0.2, 0.25) is 0 Å². The number of anilines is 2. The second-order valence-electron chi connectivity index (χ2n) is 7.82. The van der Waals surface area contributed by atoms with Crippen molar-refractivity contribution in [1.29, 1.82) is 0 Å². The first-order valence-corrected chi connectivity index (χ1v) is 12.7. The predicted molar refractivity (Wildman–Crippen MR) is 133 cm³/mol. The average molecular weight is 484 g/mol. The van der Waals surface area contributed by atoms with Gasteiger partial charge in [0.05, 0.1) is 23.4 Å². The highest BCUT2D eigenvalue weighted by atomic mass is 32.2. The fourth-order valence-corrected chi connectivity index (χ4v) is 3.82. The number of hydrogen-bond acceptors (Lipinski definition) is 7. The Morgan fingerprint density at radius 2 is 2.03 bits per heavy atom. The van der Waals surface area contributed by atoms with E-state index in [9.17, 15) is 13.4 Å². The third-order valence-corrected chi connectivity index (χ3v) is 5.29. The first-order chi connectivity index (χ1) is 16.1. The summed E-state index contributed by atoms with van der Waals surface area (Å²) in [6.07, 6.45) is 3.63. The zero-order valence-corrected chi connectivity index (χ0v) is 20.4. The maximum atomic E-state index is 14.0. The molecule has 8 nitrogen and oxygen atoms in total. The van der Waals surface area contributed by atoms with Crippen molar-refractivity contribution in [2.75, 3.05) is 24.4 Å². The quantitative estimate of drug-likeness (QED) is 0.491. The van der Waals surface area contributed by atoms with Crippen LogP contribution in [0.15, 0.2) is 41.0 Å². The van der Waals surface area contributed by atoms with Crippen LogP contribution in [0.3, 0.4) is 0 Å². The molecule has 3 rings (SSSR count). The lowest BCUT2D eigenvalue weighted by Gasteiger charge is -2.18. The molecule has 1 heterocycles. The second kappa shape index (κ2) is 10.5. The van der Waals surface area contributed by atoms with Gasteiger partial charge in [0.15, 0.2) is 6.10 Å². The molecule has 2 N–H and O–H groups in total. The maximum Gasteiger partial charge on any atom is 0.261 e. The first-order valence-electron chi connectivity index (χ1n) is 10.4. The van der Waals surface area contributed by atoms with Crippen molar-refractivity contribution in [1.82, 2.24) is 15.3 Å². The van der Waals surface area contributed by atoms with Crippen molar-refractivity contribution in [3.8, 4) is 17.6 Å². The van der Waals surface area contributed by atoms with Crippen LogP contribution < -0.4 is 15.4 Å². The smallest absolute Gasteiger partial charge is 0.261 e. The van der Waals surface area contributed by atoms with Crippen molar-refractivity contribution >= 4 is 43.7 Å². The van der Waals surface area contributed by atoms with E-state index in [1.165, 1.54) is 24.5 Å². The molecule has 0 spiro atoms. The minimum Gasteiger partial charge on any atom is -0.479 e. The molecule has 0 fully saturated rings. The lowest BCUT2D eigenvalue weighted by atomic mass is 10.1. The topological polar surface area (TPSA) is 106 Å². The second-order valence-corrected chi connectivity index (χ2v) is 10.4. The third kappa shape index (κ3) is 6.42. The van der Waals surface area contributed by atoms with E-state index in [0.29, 0.717) is 22.7 Å². The Kier molecular flexibility index (Phi) is 7.68. The molecule has 34 heavy (non-hydrogen) atoms. The summed E-state index contributed by atoms with van der Waals surface area (Å²) < 4.78 is 36.1. The summed E-state index contributed by atoms with van der Waals surface area (Å²) in [5.74, 6) is 5.17. The molecule has 1 aromatic heterocycles. The van der Waals surface area contributed by atoms with E-state index < -0.39 is 21.7 Å². The Morgan fingerprint density at radius 1 is 1.26 bits per heavy atom. The highest BCUT2D eigenvalue weighted by Gasteiger charge is 2.18. The van der Waals surface area contributed by atoms with Crippen molar-refractivity contribution in [2.24, 2.45) is 4.36 Å². The average Bonchev–Trinajstić information content (AvgIpc) is 2.74. The van der Waals surface area contributed by atoms with Gasteiger partial charge in [0.1, 0.15) is 23.7 Å². The van der Waals surface area contributed by atoms with Gasteiger partial charge in [0.2, 0.25) is 0 Å². The zero-order valence-electron chi connectivity index (χ0n) is 19.6.